The Morgan fingerprint density at radius 1 is 1.12 bits per heavy atom. The van der Waals surface area contributed by atoms with Crippen LogP contribution in [-0.4, -0.2) is 55.6 Å². The molecule has 5 nitrogen and oxygen atoms in total. The van der Waals surface area contributed by atoms with Gasteiger partial charge in [-0.05, 0) is 36.9 Å². The van der Waals surface area contributed by atoms with Crippen molar-refractivity contribution in [1.29, 1.82) is 0 Å². The minimum absolute atomic E-state index is 0.197. The van der Waals surface area contributed by atoms with Crippen LogP contribution in [0.4, 0.5) is 10.5 Å². The van der Waals surface area contributed by atoms with Crippen LogP contribution in [0.5, 0.6) is 0 Å². The van der Waals surface area contributed by atoms with Crippen LogP contribution in [0.25, 0.3) is 0 Å². The lowest BCUT2D eigenvalue weighted by Gasteiger charge is -2.40. The van der Waals surface area contributed by atoms with Gasteiger partial charge in [0.15, 0.2) is 0 Å². The Bertz CT molecular complexity index is 708. The number of anilines is 1. The summed E-state index contributed by atoms with van der Waals surface area (Å²) < 4.78 is 0. The van der Waals surface area contributed by atoms with Gasteiger partial charge in [-0.25, -0.2) is 4.79 Å². The lowest BCUT2D eigenvalue weighted by molar-refractivity contribution is 0.0913. The van der Waals surface area contributed by atoms with Crippen LogP contribution in [0.15, 0.2) is 54.6 Å². The highest BCUT2D eigenvalue weighted by Crippen LogP contribution is 2.24. The second-order valence-corrected chi connectivity index (χ2v) is 7.05. The number of nitrogens with zero attached hydrogens (tertiary/aromatic N) is 2. The maximum absolute atomic E-state index is 12.1. The van der Waals surface area contributed by atoms with E-state index < -0.39 is 0 Å². The molecule has 0 saturated carbocycles. The number of hydrogen-bond acceptors (Lipinski definition) is 3. The molecule has 6 heteroatoms. The van der Waals surface area contributed by atoms with Crippen LogP contribution in [-0.2, 0) is 0 Å². The number of carbonyl (C=O) groups is 1. The number of likely N-dealkylation sites (N-methyl/N-ethyl adjacent to an activating group) is 1. The molecule has 2 aromatic carbocycles. The molecule has 1 unspecified atom stereocenters. The molecule has 1 saturated heterocycles. The SMILES string of the molecule is CN1CCN(CCNC(=O)Nc2ccc(Cl)cc2)C(c2ccccc2)C1. The topological polar surface area (TPSA) is 47.6 Å². The average molecular weight is 373 g/mol. The van der Waals surface area contributed by atoms with Gasteiger partial charge >= 0.3 is 6.03 Å². The molecule has 26 heavy (non-hydrogen) atoms. The van der Waals surface area contributed by atoms with E-state index in [-0.39, 0.29) is 6.03 Å². The second-order valence-electron chi connectivity index (χ2n) is 6.61. The quantitative estimate of drug-likeness (QED) is 0.845. The Morgan fingerprint density at radius 3 is 2.58 bits per heavy atom. The zero-order chi connectivity index (χ0) is 18.4. The predicted molar refractivity (Wildman–Crippen MR) is 107 cm³/mol. The first-order valence-electron chi connectivity index (χ1n) is 8.90. The lowest BCUT2D eigenvalue weighted by Crippen LogP contribution is -2.49. The molecule has 1 aliphatic rings. The molecule has 0 aromatic heterocycles. The first-order chi connectivity index (χ1) is 12.6. The van der Waals surface area contributed by atoms with Crippen LogP contribution in [0.3, 0.4) is 0 Å². The van der Waals surface area contributed by atoms with E-state index in [4.69, 9.17) is 11.6 Å². The molecule has 0 aliphatic carbocycles. The number of halogens is 1. The second kappa shape index (κ2) is 9.03. The van der Waals surface area contributed by atoms with Gasteiger partial charge in [-0.1, -0.05) is 41.9 Å². The van der Waals surface area contributed by atoms with Gasteiger partial charge in [0.05, 0.1) is 0 Å². The highest BCUT2D eigenvalue weighted by Gasteiger charge is 2.26. The summed E-state index contributed by atoms with van der Waals surface area (Å²) in [5.74, 6) is 0. The fraction of sp³-hybridized carbons (Fsp3) is 0.350. The third kappa shape index (κ3) is 5.21. The molecule has 2 N–H and O–H groups in total. The third-order valence-electron chi connectivity index (χ3n) is 4.67. The van der Waals surface area contributed by atoms with Gasteiger partial charge in [-0.2, -0.15) is 0 Å². The zero-order valence-electron chi connectivity index (χ0n) is 15.0. The van der Waals surface area contributed by atoms with E-state index in [1.165, 1.54) is 5.56 Å². The first-order valence-corrected chi connectivity index (χ1v) is 9.27. The number of benzene rings is 2. The smallest absolute Gasteiger partial charge is 0.319 e. The Kier molecular flexibility index (Phi) is 6.50. The Balaban J connectivity index is 1.50. The Morgan fingerprint density at radius 2 is 1.85 bits per heavy atom. The van der Waals surface area contributed by atoms with E-state index in [9.17, 15) is 4.79 Å². The molecule has 1 fully saturated rings. The molecule has 0 bridgehead atoms. The Labute approximate surface area is 159 Å². The van der Waals surface area contributed by atoms with Gasteiger partial charge in [0, 0.05) is 49.5 Å². The molecule has 0 radical (unpaired) electrons. The summed E-state index contributed by atoms with van der Waals surface area (Å²) in [6.45, 7) is 4.46. The fourth-order valence-corrected chi connectivity index (χ4v) is 3.36. The van der Waals surface area contributed by atoms with Crippen LogP contribution < -0.4 is 10.6 Å². The van der Waals surface area contributed by atoms with Crippen molar-refractivity contribution in [2.24, 2.45) is 0 Å². The van der Waals surface area contributed by atoms with Gasteiger partial charge in [0.25, 0.3) is 0 Å². The van der Waals surface area contributed by atoms with Crippen molar-refractivity contribution in [2.75, 3.05) is 45.1 Å². The molecule has 1 heterocycles. The van der Waals surface area contributed by atoms with Gasteiger partial charge in [-0.15, -0.1) is 0 Å². The van der Waals surface area contributed by atoms with Crippen molar-refractivity contribution >= 4 is 23.3 Å². The van der Waals surface area contributed by atoms with Crippen LogP contribution >= 0.6 is 11.6 Å². The molecule has 3 rings (SSSR count). The summed E-state index contributed by atoms with van der Waals surface area (Å²) in [5.41, 5.74) is 2.05. The van der Waals surface area contributed by atoms with E-state index in [1.807, 2.05) is 6.07 Å². The summed E-state index contributed by atoms with van der Waals surface area (Å²) >= 11 is 5.85. The highest BCUT2D eigenvalue weighted by molar-refractivity contribution is 6.30. The summed E-state index contributed by atoms with van der Waals surface area (Å²) in [7, 11) is 2.16. The summed E-state index contributed by atoms with van der Waals surface area (Å²) in [4.78, 5) is 16.9. The van der Waals surface area contributed by atoms with Gasteiger partial charge < -0.3 is 15.5 Å². The molecule has 1 atom stereocenters. The monoisotopic (exact) mass is 372 g/mol. The number of rotatable bonds is 5. The predicted octanol–water partition coefficient (Wildman–Crippen LogP) is 3.45. The number of piperazine rings is 1. The first kappa shape index (κ1) is 18.7. The zero-order valence-corrected chi connectivity index (χ0v) is 15.7. The van der Waals surface area contributed by atoms with Gasteiger partial charge in [-0.3, -0.25) is 4.90 Å². The number of amides is 2. The van der Waals surface area contributed by atoms with E-state index in [2.05, 4.69) is 51.7 Å². The summed E-state index contributed by atoms with van der Waals surface area (Å²) in [6.07, 6.45) is 0. The van der Waals surface area contributed by atoms with Crippen molar-refractivity contribution in [3.05, 3.63) is 65.2 Å². The van der Waals surface area contributed by atoms with E-state index in [0.717, 1.165) is 31.9 Å². The highest BCUT2D eigenvalue weighted by atomic mass is 35.5. The maximum atomic E-state index is 12.1. The number of nitrogens with one attached hydrogen (secondary N) is 2. The van der Waals surface area contributed by atoms with Crippen molar-refractivity contribution in [3.8, 4) is 0 Å². The van der Waals surface area contributed by atoms with Gasteiger partial charge in [0.2, 0.25) is 0 Å². The standard InChI is InChI=1S/C20H25ClN4O/c1-24-13-14-25(19(15-24)16-5-3-2-4-6-16)12-11-22-20(26)23-18-9-7-17(21)8-10-18/h2-10,19H,11-15H2,1H3,(H2,22,23,26). The van der Waals surface area contributed by atoms with Gasteiger partial charge in [0.1, 0.15) is 0 Å². The minimum Gasteiger partial charge on any atom is -0.337 e. The minimum atomic E-state index is -0.197. The van der Waals surface area contributed by atoms with Crippen molar-refractivity contribution in [3.63, 3.8) is 0 Å². The largest absolute Gasteiger partial charge is 0.337 e. The molecular weight excluding hydrogens is 348 g/mol. The normalized spacial score (nSPS) is 18.5. The fourth-order valence-electron chi connectivity index (χ4n) is 3.24. The van der Waals surface area contributed by atoms with E-state index in [1.54, 1.807) is 24.3 Å². The van der Waals surface area contributed by atoms with Crippen LogP contribution in [0.2, 0.25) is 5.02 Å². The number of carbonyl (C=O) groups excluding carboxylic acids is 1. The molecule has 2 aromatic rings. The summed E-state index contributed by atoms with van der Waals surface area (Å²) in [6, 6.07) is 17.8. The van der Waals surface area contributed by atoms with Crippen LogP contribution in [0, 0.1) is 0 Å². The van der Waals surface area contributed by atoms with E-state index in [0.29, 0.717) is 17.6 Å². The Hall–Kier alpha value is -2.08. The average Bonchev–Trinajstić information content (AvgIpc) is 2.65. The maximum Gasteiger partial charge on any atom is 0.319 e. The molecule has 2 amide bonds. The molecule has 1 aliphatic heterocycles. The summed E-state index contributed by atoms with van der Waals surface area (Å²) in [5, 5.41) is 6.41. The number of hydrogen-bond donors (Lipinski definition) is 2. The van der Waals surface area contributed by atoms with Crippen molar-refractivity contribution in [2.45, 2.75) is 6.04 Å². The van der Waals surface area contributed by atoms with Crippen molar-refractivity contribution < 1.29 is 4.79 Å². The third-order valence-corrected chi connectivity index (χ3v) is 4.92. The lowest BCUT2D eigenvalue weighted by atomic mass is 10.0. The molecule has 138 valence electrons. The van der Waals surface area contributed by atoms with E-state index >= 15 is 0 Å². The molecule has 0 spiro atoms. The molecular formula is C20H25ClN4O. The van der Waals surface area contributed by atoms with Crippen molar-refractivity contribution in [1.82, 2.24) is 15.1 Å². The number of urea groups is 1. The van der Waals surface area contributed by atoms with Crippen LogP contribution in [0.1, 0.15) is 11.6 Å².